The highest BCUT2D eigenvalue weighted by molar-refractivity contribution is 5.97. The predicted octanol–water partition coefficient (Wildman–Crippen LogP) is 0.487. The summed E-state index contributed by atoms with van der Waals surface area (Å²) in [6.45, 7) is 3.81. The fraction of sp³-hybridized carbons (Fsp3) is 0.571. The highest BCUT2D eigenvalue weighted by atomic mass is 14.9. The van der Waals surface area contributed by atoms with E-state index in [4.69, 9.17) is 5.73 Å². The zero-order valence-electron chi connectivity index (χ0n) is 7.02. The summed E-state index contributed by atoms with van der Waals surface area (Å²) in [6.07, 6.45) is 0. The van der Waals surface area contributed by atoms with Gasteiger partial charge in [0.2, 0.25) is 0 Å². The van der Waals surface area contributed by atoms with Gasteiger partial charge in [0, 0.05) is 19.8 Å². The second kappa shape index (κ2) is 3.93. The fourth-order valence-corrected chi connectivity index (χ4v) is 0.526. The van der Waals surface area contributed by atoms with Crippen molar-refractivity contribution < 1.29 is 0 Å². The normalized spacial score (nSPS) is 14.6. The Morgan fingerprint density at radius 2 is 1.90 bits per heavy atom. The number of nitrogens with one attached hydrogen (secondary N) is 1. The van der Waals surface area contributed by atoms with Crippen LogP contribution in [0.2, 0.25) is 0 Å². The van der Waals surface area contributed by atoms with Gasteiger partial charge in [-0.15, -0.1) is 0 Å². The van der Waals surface area contributed by atoms with Crippen LogP contribution in [0, 0.1) is 0 Å². The topological polar surface area (TPSA) is 50.4 Å². The highest BCUT2D eigenvalue weighted by Gasteiger charge is 1.97. The van der Waals surface area contributed by atoms with Crippen molar-refractivity contribution >= 4 is 5.71 Å². The molecule has 0 fully saturated rings. The molecule has 0 aliphatic heterocycles. The van der Waals surface area contributed by atoms with Gasteiger partial charge in [0.25, 0.3) is 0 Å². The molecule has 0 aliphatic carbocycles. The fourth-order valence-electron chi connectivity index (χ4n) is 0.526. The zero-order chi connectivity index (χ0) is 8.15. The van der Waals surface area contributed by atoms with Crippen molar-refractivity contribution in [1.82, 2.24) is 5.32 Å². The predicted molar refractivity (Wildman–Crippen MR) is 45.0 cm³/mol. The molecule has 10 heavy (non-hydrogen) atoms. The molecule has 0 heterocycles. The molecule has 0 bridgehead atoms. The van der Waals surface area contributed by atoms with E-state index in [9.17, 15) is 0 Å². The van der Waals surface area contributed by atoms with E-state index in [-0.39, 0.29) is 0 Å². The summed E-state index contributed by atoms with van der Waals surface area (Å²) in [4.78, 5) is 3.95. The monoisotopic (exact) mass is 141 g/mol. The van der Waals surface area contributed by atoms with Gasteiger partial charge in [-0.05, 0) is 13.8 Å². The van der Waals surface area contributed by atoms with Gasteiger partial charge < -0.3 is 11.1 Å². The largest absolute Gasteiger partial charge is 0.396 e. The van der Waals surface area contributed by atoms with E-state index < -0.39 is 0 Å². The second-order valence-corrected chi connectivity index (χ2v) is 2.10. The molecule has 0 aliphatic rings. The molecular formula is C7H15N3. The Labute approximate surface area is 62.0 Å². The third-order valence-electron chi connectivity index (χ3n) is 1.50. The standard InChI is InChI=1S/C7H15N3/c1-5(9-3)7(8)6(2)10-4/h9H,8H2,1-4H3/b7-5+,10-6?. The van der Waals surface area contributed by atoms with Gasteiger partial charge >= 0.3 is 0 Å². The van der Waals surface area contributed by atoms with Crippen LogP contribution in [-0.4, -0.2) is 19.8 Å². The van der Waals surface area contributed by atoms with Gasteiger partial charge in [0.05, 0.1) is 11.4 Å². The van der Waals surface area contributed by atoms with E-state index in [2.05, 4.69) is 10.3 Å². The lowest BCUT2D eigenvalue weighted by Crippen LogP contribution is -2.16. The first kappa shape index (κ1) is 9.01. The smallest absolute Gasteiger partial charge is 0.0714 e. The van der Waals surface area contributed by atoms with E-state index in [0.29, 0.717) is 0 Å². The molecule has 3 heteroatoms. The van der Waals surface area contributed by atoms with Crippen LogP contribution in [0.5, 0.6) is 0 Å². The summed E-state index contributed by atoms with van der Waals surface area (Å²) < 4.78 is 0. The van der Waals surface area contributed by atoms with Crippen molar-refractivity contribution in [2.45, 2.75) is 13.8 Å². The van der Waals surface area contributed by atoms with Crippen LogP contribution in [0.25, 0.3) is 0 Å². The minimum Gasteiger partial charge on any atom is -0.396 e. The van der Waals surface area contributed by atoms with E-state index in [0.717, 1.165) is 17.1 Å². The Morgan fingerprint density at radius 3 is 2.20 bits per heavy atom. The summed E-state index contributed by atoms with van der Waals surface area (Å²) in [5.41, 5.74) is 8.22. The third-order valence-corrected chi connectivity index (χ3v) is 1.50. The maximum atomic E-state index is 5.67. The molecule has 0 aromatic carbocycles. The summed E-state index contributed by atoms with van der Waals surface area (Å²) in [6, 6.07) is 0. The zero-order valence-corrected chi connectivity index (χ0v) is 7.02. The molecule has 0 aromatic heterocycles. The van der Waals surface area contributed by atoms with Gasteiger partial charge in [0.1, 0.15) is 0 Å². The SMILES string of the molecule is CN=C(C)/C(N)=C(/C)NC. The van der Waals surface area contributed by atoms with E-state index in [1.54, 1.807) is 7.05 Å². The first-order valence-corrected chi connectivity index (χ1v) is 3.21. The van der Waals surface area contributed by atoms with Crippen LogP contribution in [0.3, 0.4) is 0 Å². The van der Waals surface area contributed by atoms with Crippen LogP contribution >= 0.6 is 0 Å². The van der Waals surface area contributed by atoms with Crippen molar-refractivity contribution in [2.75, 3.05) is 14.1 Å². The Hall–Kier alpha value is -0.990. The molecule has 58 valence electrons. The van der Waals surface area contributed by atoms with E-state index in [1.165, 1.54) is 0 Å². The molecule has 0 spiro atoms. The second-order valence-electron chi connectivity index (χ2n) is 2.10. The van der Waals surface area contributed by atoms with Crippen LogP contribution < -0.4 is 11.1 Å². The third kappa shape index (κ3) is 2.09. The summed E-state index contributed by atoms with van der Waals surface area (Å²) in [5, 5.41) is 2.95. The van der Waals surface area contributed by atoms with Crippen LogP contribution in [0.1, 0.15) is 13.8 Å². The molecule has 0 atom stereocenters. The number of hydrogen-bond acceptors (Lipinski definition) is 3. The summed E-state index contributed by atoms with van der Waals surface area (Å²) in [5.74, 6) is 0. The number of nitrogens with zero attached hydrogens (tertiary/aromatic N) is 1. The van der Waals surface area contributed by atoms with Gasteiger partial charge in [-0.25, -0.2) is 0 Å². The molecule has 3 N–H and O–H groups in total. The lowest BCUT2D eigenvalue weighted by Gasteiger charge is -2.04. The molecule has 3 nitrogen and oxygen atoms in total. The van der Waals surface area contributed by atoms with Gasteiger partial charge in [-0.2, -0.15) is 0 Å². The first-order valence-electron chi connectivity index (χ1n) is 3.21. The average Bonchev–Trinajstić information content (AvgIpc) is 2.00. The minimum absolute atomic E-state index is 0.727. The number of hydrogen-bond donors (Lipinski definition) is 2. The Kier molecular flexibility index (Phi) is 3.54. The first-order chi connectivity index (χ1) is 4.63. The minimum atomic E-state index is 0.727. The average molecular weight is 141 g/mol. The summed E-state index contributed by atoms with van der Waals surface area (Å²) in [7, 11) is 3.57. The molecule has 0 unspecified atom stereocenters. The molecule has 0 saturated heterocycles. The molecule has 0 rings (SSSR count). The number of rotatable bonds is 2. The van der Waals surface area contributed by atoms with Crippen LogP contribution in [0.4, 0.5) is 0 Å². The maximum Gasteiger partial charge on any atom is 0.0714 e. The lowest BCUT2D eigenvalue weighted by molar-refractivity contribution is 0.967. The van der Waals surface area contributed by atoms with Crippen molar-refractivity contribution in [3.8, 4) is 0 Å². The molecule has 0 amide bonds. The Bertz CT molecular complexity index is 168. The van der Waals surface area contributed by atoms with Gasteiger partial charge in [-0.1, -0.05) is 0 Å². The molecule has 0 radical (unpaired) electrons. The molecule has 0 saturated carbocycles. The Morgan fingerprint density at radius 1 is 1.40 bits per heavy atom. The van der Waals surface area contributed by atoms with Gasteiger partial charge in [-0.3, -0.25) is 4.99 Å². The highest BCUT2D eigenvalue weighted by Crippen LogP contribution is 1.94. The van der Waals surface area contributed by atoms with E-state index in [1.807, 2.05) is 20.9 Å². The summed E-state index contributed by atoms with van der Waals surface area (Å²) >= 11 is 0. The molecular weight excluding hydrogens is 126 g/mol. The van der Waals surface area contributed by atoms with Crippen LogP contribution in [-0.2, 0) is 0 Å². The lowest BCUT2D eigenvalue weighted by atomic mass is 10.2. The van der Waals surface area contributed by atoms with Crippen molar-refractivity contribution in [3.05, 3.63) is 11.4 Å². The van der Waals surface area contributed by atoms with E-state index >= 15 is 0 Å². The van der Waals surface area contributed by atoms with Gasteiger partial charge in [0.15, 0.2) is 0 Å². The number of allylic oxidation sites excluding steroid dienone is 2. The number of nitrogens with two attached hydrogens (primary N) is 1. The van der Waals surface area contributed by atoms with Crippen molar-refractivity contribution in [2.24, 2.45) is 10.7 Å². The maximum absolute atomic E-state index is 5.67. The quantitative estimate of drug-likeness (QED) is 0.550. The number of aliphatic imine (C=N–C) groups is 1. The Balaban J connectivity index is 4.46. The molecule has 0 aromatic rings. The van der Waals surface area contributed by atoms with Crippen molar-refractivity contribution in [1.29, 1.82) is 0 Å². The van der Waals surface area contributed by atoms with Crippen molar-refractivity contribution in [3.63, 3.8) is 0 Å². The van der Waals surface area contributed by atoms with Crippen LogP contribution in [0.15, 0.2) is 16.4 Å².